The quantitative estimate of drug-likeness (QED) is 0.159. The molecule has 10 aromatic rings. The lowest BCUT2D eigenvalue weighted by Gasteiger charge is -2.34. The maximum atomic E-state index is 2.51. The molecule has 9 aromatic carbocycles. The van der Waals surface area contributed by atoms with Gasteiger partial charge in [0.2, 0.25) is 0 Å². The van der Waals surface area contributed by atoms with Crippen LogP contribution in [0.25, 0.3) is 49.7 Å². The molecule has 1 aliphatic carbocycles. The Morgan fingerprint density at radius 1 is 0.368 bits per heavy atom. The van der Waals surface area contributed by atoms with E-state index in [2.05, 4.69) is 240 Å². The second kappa shape index (κ2) is 13.4. The van der Waals surface area contributed by atoms with Gasteiger partial charge in [-0.2, -0.15) is 0 Å². The first-order chi connectivity index (χ1) is 28.3. The van der Waals surface area contributed by atoms with Gasteiger partial charge in [-0.15, -0.1) is 0 Å². The highest BCUT2D eigenvalue weighted by Crippen LogP contribution is 2.60. The highest BCUT2D eigenvalue weighted by atomic mass is 15.2. The molecule has 1 aliphatic rings. The monoisotopic (exact) mass is 726 g/mol. The molecule has 2 heteroatoms. The summed E-state index contributed by atoms with van der Waals surface area (Å²) < 4.78 is 2.41. The van der Waals surface area contributed by atoms with E-state index in [-0.39, 0.29) is 0 Å². The fourth-order valence-corrected chi connectivity index (χ4v) is 9.55. The summed E-state index contributed by atoms with van der Waals surface area (Å²) in [5.74, 6) is 0. The van der Waals surface area contributed by atoms with Crippen LogP contribution < -0.4 is 4.90 Å². The Balaban J connectivity index is 1.25. The fourth-order valence-electron chi connectivity index (χ4n) is 9.55. The zero-order chi connectivity index (χ0) is 37.8. The average Bonchev–Trinajstić information content (AvgIpc) is 3.79. The van der Waals surface area contributed by atoms with E-state index in [4.69, 9.17) is 0 Å². The zero-order valence-corrected chi connectivity index (χ0v) is 31.3. The van der Waals surface area contributed by atoms with Crippen molar-refractivity contribution in [3.63, 3.8) is 0 Å². The van der Waals surface area contributed by atoms with E-state index < -0.39 is 5.41 Å². The number of rotatable bonds is 7. The molecule has 0 bridgehead atoms. The van der Waals surface area contributed by atoms with E-state index in [1.54, 1.807) is 0 Å². The molecule has 11 rings (SSSR count). The molecule has 0 fully saturated rings. The predicted molar refractivity (Wildman–Crippen MR) is 238 cm³/mol. The van der Waals surface area contributed by atoms with Gasteiger partial charge in [-0.3, -0.25) is 0 Å². The van der Waals surface area contributed by atoms with Crippen LogP contribution in [0.4, 0.5) is 17.1 Å². The predicted octanol–water partition coefficient (Wildman–Crippen LogP) is 14.3. The van der Waals surface area contributed by atoms with Gasteiger partial charge in [-0.25, -0.2) is 0 Å². The summed E-state index contributed by atoms with van der Waals surface area (Å²) in [4.78, 5) is 2.51. The number of para-hydroxylation sites is 3. The number of hydrogen-bond donors (Lipinski definition) is 0. The first-order valence-corrected chi connectivity index (χ1v) is 19.7. The number of hydrogen-bond acceptors (Lipinski definition) is 1. The van der Waals surface area contributed by atoms with Gasteiger partial charge in [0.1, 0.15) is 0 Å². The van der Waals surface area contributed by atoms with E-state index in [9.17, 15) is 0 Å². The molecule has 0 unspecified atom stereocenters. The SMILES string of the molecule is c1ccc(-c2ccccc2N(c2ccc3c4ccccc4n(-c4ccccc4)c3c2)c2cccc3c2-c2ccccc2C3(c2ccccc2)c2ccccc2)cc1. The summed E-state index contributed by atoms with van der Waals surface area (Å²) in [6.07, 6.45) is 0. The molecule has 268 valence electrons. The molecule has 0 saturated carbocycles. The van der Waals surface area contributed by atoms with Gasteiger partial charge in [-0.1, -0.05) is 188 Å². The average molecular weight is 727 g/mol. The molecule has 1 aromatic heterocycles. The van der Waals surface area contributed by atoms with Gasteiger partial charge < -0.3 is 9.47 Å². The maximum Gasteiger partial charge on any atom is 0.0714 e. The molecule has 0 radical (unpaired) electrons. The summed E-state index contributed by atoms with van der Waals surface area (Å²) in [6, 6.07) is 84.3. The largest absolute Gasteiger partial charge is 0.309 e. The highest BCUT2D eigenvalue weighted by molar-refractivity contribution is 6.11. The van der Waals surface area contributed by atoms with E-state index in [1.165, 1.54) is 60.8 Å². The van der Waals surface area contributed by atoms with Crippen molar-refractivity contribution in [3.05, 3.63) is 253 Å². The van der Waals surface area contributed by atoms with Crippen LogP contribution in [0.2, 0.25) is 0 Å². The number of aromatic nitrogens is 1. The van der Waals surface area contributed by atoms with Crippen molar-refractivity contribution < 1.29 is 0 Å². The molecule has 0 saturated heterocycles. The molecular formula is C55H38N2. The van der Waals surface area contributed by atoms with Crippen LogP contribution in [-0.2, 0) is 5.41 Å². The first kappa shape index (κ1) is 33.0. The summed E-state index contributed by atoms with van der Waals surface area (Å²) in [6.45, 7) is 0. The van der Waals surface area contributed by atoms with Crippen molar-refractivity contribution in [1.82, 2.24) is 4.57 Å². The van der Waals surface area contributed by atoms with E-state index in [1.807, 2.05) is 0 Å². The maximum absolute atomic E-state index is 2.51. The minimum atomic E-state index is -0.515. The Morgan fingerprint density at radius 3 is 1.65 bits per heavy atom. The molecule has 57 heavy (non-hydrogen) atoms. The van der Waals surface area contributed by atoms with Crippen molar-refractivity contribution in [2.45, 2.75) is 5.41 Å². The molecule has 0 spiro atoms. The third-order valence-electron chi connectivity index (χ3n) is 11.9. The van der Waals surface area contributed by atoms with Crippen LogP contribution in [-0.4, -0.2) is 4.57 Å². The second-order valence-corrected chi connectivity index (χ2v) is 14.8. The Hall–Kier alpha value is -7.42. The van der Waals surface area contributed by atoms with Crippen LogP contribution in [0.15, 0.2) is 231 Å². The Morgan fingerprint density at radius 2 is 0.912 bits per heavy atom. The third-order valence-corrected chi connectivity index (χ3v) is 11.9. The smallest absolute Gasteiger partial charge is 0.0714 e. The molecular weight excluding hydrogens is 689 g/mol. The van der Waals surface area contributed by atoms with Gasteiger partial charge in [0.15, 0.2) is 0 Å². The van der Waals surface area contributed by atoms with Crippen LogP contribution in [0.3, 0.4) is 0 Å². The fraction of sp³-hybridized carbons (Fsp3) is 0.0182. The minimum Gasteiger partial charge on any atom is -0.309 e. The molecule has 2 nitrogen and oxygen atoms in total. The van der Waals surface area contributed by atoms with Crippen molar-refractivity contribution in [2.24, 2.45) is 0 Å². The van der Waals surface area contributed by atoms with Gasteiger partial charge in [0, 0.05) is 33.3 Å². The van der Waals surface area contributed by atoms with E-state index in [0.717, 1.165) is 28.3 Å². The zero-order valence-electron chi connectivity index (χ0n) is 31.3. The van der Waals surface area contributed by atoms with Gasteiger partial charge in [0.25, 0.3) is 0 Å². The van der Waals surface area contributed by atoms with Gasteiger partial charge in [-0.05, 0) is 75.8 Å². The highest BCUT2D eigenvalue weighted by Gasteiger charge is 2.47. The van der Waals surface area contributed by atoms with E-state index >= 15 is 0 Å². The lowest BCUT2D eigenvalue weighted by Crippen LogP contribution is -2.28. The summed E-state index contributed by atoms with van der Waals surface area (Å²) in [5, 5.41) is 2.47. The Bertz CT molecular complexity index is 3020. The van der Waals surface area contributed by atoms with Crippen molar-refractivity contribution >= 4 is 38.9 Å². The first-order valence-electron chi connectivity index (χ1n) is 19.7. The molecule has 0 aliphatic heterocycles. The van der Waals surface area contributed by atoms with Crippen molar-refractivity contribution in [2.75, 3.05) is 4.90 Å². The standard InChI is InChI=1S/C55H38N2/c1-5-20-39(21-6-1)44-28-14-17-33-50(44)57(43-36-37-46-45-29-15-18-34-51(45)56(53(46)38-43)42-26-11-4-12-27-42)52-35-19-32-49-54(52)47-30-13-16-31-48(47)55(49,40-22-7-2-8-23-40)41-24-9-3-10-25-41/h1-38H. The number of nitrogens with zero attached hydrogens (tertiary/aromatic N) is 2. The number of anilines is 3. The molecule has 0 amide bonds. The molecule has 0 N–H and O–H groups in total. The molecule has 0 atom stereocenters. The van der Waals surface area contributed by atoms with Crippen molar-refractivity contribution in [3.8, 4) is 27.9 Å². The lowest BCUT2D eigenvalue weighted by atomic mass is 9.68. The third kappa shape index (κ3) is 5.04. The number of benzene rings is 9. The van der Waals surface area contributed by atoms with Crippen LogP contribution >= 0.6 is 0 Å². The molecule has 1 heterocycles. The number of fused-ring (bicyclic) bond motifs is 6. The minimum absolute atomic E-state index is 0.515. The summed E-state index contributed by atoms with van der Waals surface area (Å²) in [5.41, 5.74) is 16.2. The lowest BCUT2D eigenvalue weighted by molar-refractivity contribution is 0.768. The van der Waals surface area contributed by atoms with Crippen molar-refractivity contribution in [1.29, 1.82) is 0 Å². The Labute approximate surface area is 333 Å². The van der Waals surface area contributed by atoms with Gasteiger partial charge in [0.05, 0.1) is 27.8 Å². The van der Waals surface area contributed by atoms with E-state index in [0.29, 0.717) is 0 Å². The topological polar surface area (TPSA) is 8.17 Å². The van der Waals surface area contributed by atoms with Crippen LogP contribution in [0, 0.1) is 0 Å². The Kier molecular flexibility index (Phi) is 7.75. The van der Waals surface area contributed by atoms with Crippen LogP contribution in [0.5, 0.6) is 0 Å². The second-order valence-electron chi connectivity index (χ2n) is 14.8. The van der Waals surface area contributed by atoms with Gasteiger partial charge >= 0.3 is 0 Å². The summed E-state index contributed by atoms with van der Waals surface area (Å²) >= 11 is 0. The summed E-state index contributed by atoms with van der Waals surface area (Å²) in [7, 11) is 0. The normalized spacial score (nSPS) is 12.7. The van der Waals surface area contributed by atoms with Crippen LogP contribution in [0.1, 0.15) is 22.3 Å².